The van der Waals surface area contributed by atoms with Crippen LogP contribution in [0.5, 0.6) is 0 Å². The molecule has 3 heteroatoms. The topological polar surface area (TPSA) is 12.0 Å². The van der Waals surface area contributed by atoms with Crippen molar-refractivity contribution in [2.45, 2.75) is 11.3 Å². The van der Waals surface area contributed by atoms with E-state index in [1.165, 1.54) is 6.07 Å². The van der Waals surface area contributed by atoms with Crippen molar-refractivity contribution in [3.8, 4) is 0 Å². The first-order valence-corrected chi connectivity index (χ1v) is 5.47. The smallest absolute Gasteiger partial charge is 0.126 e. The molecule has 0 radical (unpaired) electrons. The molecule has 0 atom stereocenters. The first-order chi connectivity index (χ1) is 6.27. The number of thioether (sulfide) groups is 1. The molecule has 0 fully saturated rings. The average molecular weight is 199 g/mol. The third-order valence-corrected chi connectivity index (χ3v) is 2.62. The molecule has 0 saturated heterocycles. The Kier molecular flexibility index (Phi) is 4.25. The van der Waals surface area contributed by atoms with Gasteiger partial charge in [-0.3, -0.25) is 0 Å². The molecule has 1 aromatic rings. The minimum absolute atomic E-state index is 0.104. The fraction of sp³-hybridized carbons (Fsp3) is 0.400. The van der Waals surface area contributed by atoms with Crippen molar-refractivity contribution in [2.75, 3.05) is 19.8 Å². The van der Waals surface area contributed by atoms with E-state index in [1.54, 1.807) is 11.8 Å². The summed E-state index contributed by atoms with van der Waals surface area (Å²) in [6, 6.07) is 5.26. The van der Waals surface area contributed by atoms with Crippen LogP contribution >= 0.6 is 11.8 Å². The van der Waals surface area contributed by atoms with Gasteiger partial charge in [0.05, 0.1) is 0 Å². The maximum atomic E-state index is 13.2. The quantitative estimate of drug-likeness (QED) is 0.747. The highest BCUT2D eigenvalue weighted by atomic mass is 32.2. The van der Waals surface area contributed by atoms with Crippen LogP contribution in [0.4, 0.5) is 4.39 Å². The summed E-state index contributed by atoms with van der Waals surface area (Å²) in [5, 5.41) is 3.01. The van der Waals surface area contributed by atoms with Crippen LogP contribution in [0.2, 0.25) is 0 Å². The monoisotopic (exact) mass is 199 g/mol. The van der Waals surface area contributed by atoms with Crippen molar-refractivity contribution >= 4 is 11.8 Å². The van der Waals surface area contributed by atoms with Crippen LogP contribution in [-0.2, 0) is 6.42 Å². The van der Waals surface area contributed by atoms with Crippen LogP contribution in [0.3, 0.4) is 0 Å². The second-order valence-electron chi connectivity index (χ2n) is 2.81. The lowest BCUT2D eigenvalue weighted by Crippen LogP contribution is -2.11. The lowest BCUT2D eigenvalue weighted by atomic mass is 10.1. The van der Waals surface area contributed by atoms with Crippen LogP contribution in [0.15, 0.2) is 23.1 Å². The fourth-order valence-corrected chi connectivity index (χ4v) is 1.59. The van der Waals surface area contributed by atoms with Gasteiger partial charge >= 0.3 is 0 Å². The highest BCUT2D eigenvalue weighted by molar-refractivity contribution is 7.98. The Morgan fingerprint density at radius 3 is 2.85 bits per heavy atom. The van der Waals surface area contributed by atoms with Gasteiger partial charge in [0.15, 0.2) is 0 Å². The van der Waals surface area contributed by atoms with Crippen LogP contribution in [-0.4, -0.2) is 19.8 Å². The first kappa shape index (κ1) is 10.5. The molecule has 72 valence electrons. The molecular formula is C10H14FNS. The van der Waals surface area contributed by atoms with Crippen LogP contribution in [0.25, 0.3) is 0 Å². The van der Waals surface area contributed by atoms with Gasteiger partial charge in [-0.1, -0.05) is 0 Å². The molecule has 0 aromatic heterocycles. The molecule has 0 aliphatic rings. The predicted octanol–water partition coefficient (Wildman–Crippen LogP) is 2.31. The van der Waals surface area contributed by atoms with E-state index in [9.17, 15) is 4.39 Å². The standard InChI is InChI=1S/C10H14FNS/c1-12-6-5-8-7-9(13-2)3-4-10(8)11/h3-4,7,12H,5-6H2,1-2H3. The maximum absolute atomic E-state index is 13.2. The summed E-state index contributed by atoms with van der Waals surface area (Å²) in [5.74, 6) is -0.104. The Morgan fingerprint density at radius 1 is 1.46 bits per heavy atom. The lowest BCUT2D eigenvalue weighted by Gasteiger charge is -2.04. The van der Waals surface area contributed by atoms with Gasteiger partial charge in [-0.25, -0.2) is 4.39 Å². The summed E-state index contributed by atoms with van der Waals surface area (Å²) in [6.45, 7) is 0.814. The highest BCUT2D eigenvalue weighted by Crippen LogP contribution is 2.18. The first-order valence-electron chi connectivity index (χ1n) is 4.25. The molecule has 0 unspecified atom stereocenters. The SMILES string of the molecule is CNCCc1cc(SC)ccc1F. The third-order valence-electron chi connectivity index (χ3n) is 1.90. The normalized spacial score (nSPS) is 10.4. The van der Waals surface area contributed by atoms with E-state index in [2.05, 4.69) is 5.32 Å². The van der Waals surface area contributed by atoms with Crippen LogP contribution in [0, 0.1) is 5.82 Å². The second kappa shape index (κ2) is 5.25. The summed E-state index contributed by atoms with van der Waals surface area (Å²) in [6.07, 6.45) is 2.74. The van der Waals surface area contributed by atoms with E-state index in [1.807, 2.05) is 25.4 Å². The van der Waals surface area contributed by atoms with Crippen molar-refractivity contribution in [3.63, 3.8) is 0 Å². The van der Waals surface area contributed by atoms with Gasteiger partial charge in [0.2, 0.25) is 0 Å². The largest absolute Gasteiger partial charge is 0.319 e. The molecule has 1 nitrogen and oxygen atoms in total. The van der Waals surface area contributed by atoms with E-state index in [4.69, 9.17) is 0 Å². The zero-order valence-electron chi connectivity index (χ0n) is 7.93. The van der Waals surface area contributed by atoms with E-state index in [-0.39, 0.29) is 5.82 Å². The number of nitrogens with one attached hydrogen (secondary N) is 1. The Bertz CT molecular complexity index is 276. The molecule has 0 amide bonds. The molecule has 0 bridgehead atoms. The van der Waals surface area contributed by atoms with Crippen LogP contribution in [0.1, 0.15) is 5.56 Å². The molecular weight excluding hydrogens is 185 g/mol. The van der Waals surface area contributed by atoms with E-state index >= 15 is 0 Å². The average Bonchev–Trinajstić information content (AvgIpc) is 2.17. The van der Waals surface area contributed by atoms with E-state index in [0.29, 0.717) is 0 Å². The highest BCUT2D eigenvalue weighted by Gasteiger charge is 2.02. The Morgan fingerprint density at radius 2 is 2.23 bits per heavy atom. The summed E-state index contributed by atoms with van der Waals surface area (Å²) >= 11 is 1.64. The third kappa shape index (κ3) is 3.01. The summed E-state index contributed by atoms with van der Waals surface area (Å²) in [4.78, 5) is 1.12. The predicted molar refractivity (Wildman–Crippen MR) is 55.8 cm³/mol. The zero-order valence-corrected chi connectivity index (χ0v) is 8.75. The fourth-order valence-electron chi connectivity index (χ4n) is 1.13. The van der Waals surface area contributed by atoms with Gasteiger partial charge < -0.3 is 5.32 Å². The van der Waals surface area contributed by atoms with E-state index in [0.717, 1.165) is 23.4 Å². The number of halogens is 1. The lowest BCUT2D eigenvalue weighted by molar-refractivity contribution is 0.603. The summed E-state index contributed by atoms with van der Waals surface area (Å²) in [7, 11) is 1.87. The Hall–Kier alpha value is -0.540. The number of benzene rings is 1. The number of hydrogen-bond acceptors (Lipinski definition) is 2. The Balaban J connectivity index is 2.78. The molecule has 13 heavy (non-hydrogen) atoms. The molecule has 0 saturated carbocycles. The number of likely N-dealkylation sites (N-methyl/N-ethyl adjacent to an activating group) is 1. The summed E-state index contributed by atoms with van der Waals surface area (Å²) < 4.78 is 13.2. The maximum Gasteiger partial charge on any atom is 0.126 e. The van der Waals surface area contributed by atoms with Gasteiger partial charge in [-0.15, -0.1) is 11.8 Å². The van der Waals surface area contributed by atoms with Crippen molar-refractivity contribution in [3.05, 3.63) is 29.6 Å². The molecule has 0 aliphatic carbocycles. The molecule has 0 aliphatic heterocycles. The minimum atomic E-state index is -0.104. The number of hydrogen-bond donors (Lipinski definition) is 1. The van der Waals surface area contributed by atoms with Gasteiger partial charge in [-0.2, -0.15) is 0 Å². The van der Waals surface area contributed by atoms with Gasteiger partial charge in [-0.05, 0) is 50.0 Å². The Labute approximate surface area is 82.7 Å². The van der Waals surface area contributed by atoms with Crippen molar-refractivity contribution in [1.29, 1.82) is 0 Å². The zero-order chi connectivity index (χ0) is 9.68. The van der Waals surface area contributed by atoms with Gasteiger partial charge in [0, 0.05) is 4.90 Å². The molecule has 0 spiro atoms. The molecule has 0 heterocycles. The summed E-state index contributed by atoms with van der Waals surface area (Å²) in [5.41, 5.74) is 0.793. The van der Waals surface area contributed by atoms with Crippen LogP contribution < -0.4 is 5.32 Å². The van der Waals surface area contributed by atoms with Gasteiger partial charge in [0.1, 0.15) is 5.82 Å². The van der Waals surface area contributed by atoms with Crippen molar-refractivity contribution in [1.82, 2.24) is 5.32 Å². The van der Waals surface area contributed by atoms with Gasteiger partial charge in [0.25, 0.3) is 0 Å². The second-order valence-corrected chi connectivity index (χ2v) is 3.69. The van der Waals surface area contributed by atoms with Crippen molar-refractivity contribution in [2.24, 2.45) is 0 Å². The molecule has 1 aromatic carbocycles. The minimum Gasteiger partial charge on any atom is -0.319 e. The van der Waals surface area contributed by atoms with Crippen molar-refractivity contribution < 1.29 is 4.39 Å². The molecule has 1 rings (SSSR count). The number of rotatable bonds is 4. The van der Waals surface area contributed by atoms with E-state index < -0.39 is 0 Å². The molecule has 1 N–H and O–H groups in total.